The van der Waals surface area contributed by atoms with Crippen molar-refractivity contribution in [2.75, 3.05) is 25.5 Å². The lowest BCUT2D eigenvalue weighted by Crippen LogP contribution is -3.11. The molecule has 132 valence electrons. The average Bonchev–Trinajstić information content (AvgIpc) is 3.17. The summed E-state index contributed by atoms with van der Waals surface area (Å²) in [6.07, 6.45) is 5.05. The summed E-state index contributed by atoms with van der Waals surface area (Å²) in [5, 5.41) is 10.3. The van der Waals surface area contributed by atoms with Crippen molar-refractivity contribution in [3.8, 4) is 5.69 Å². The van der Waals surface area contributed by atoms with Crippen LogP contribution in [0.3, 0.4) is 0 Å². The van der Waals surface area contributed by atoms with E-state index in [0.29, 0.717) is 22.4 Å². The van der Waals surface area contributed by atoms with Crippen molar-refractivity contribution in [3.63, 3.8) is 0 Å². The van der Waals surface area contributed by atoms with Crippen molar-refractivity contribution in [1.29, 1.82) is 0 Å². The molecule has 0 saturated heterocycles. The summed E-state index contributed by atoms with van der Waals surface area (Å²) in [6, 6.07) is 5.46. The Hall–Kier alpha value is -2.45. The molecule has 1 fully saturated rings. The summed E-state index contributed by atoms with van der Waals surface area (Å²) >= 11 is 6.04. The number of hydrogen-bond acceptors (Lipinski definition) is 4. The van der Waals surface area contributed by atoms with E-state index < -0.39 is 0 Å². The van der Waals surface area contributed by atoms with Gasteiger partial charge < -0.3 is 15.5 Å². The van der Waals surface area contributed by atoms with Gasteiger partial charge in [0.2, 0.25) is 0 Å². The van der Waals surface area contributed by atoms with E-state index in [1.807, 2.05) is 7.05 Å². The first kappa shape index (κ1) is 17.4. The molecule has 0 aliphatic heterocycles. The largest absolute Gasteiger partial charge is 0.348 e. The van der Waals surface area contributed by atoms with Gasteiger partial charge in [0.25, 0.3) is 11.8 Å². The van der Waals surface area contributed by atoms with E-state index in [-0.39, 0.29) is 24.9 Å². The maximum Gasteiger partial charge on any atom is 0.279 e. The highest BCUT2D eigenvalue weighted by Crippen LogP contribution is 2.23. The van der Waals surface area contributed by atoms with E-state index >= 15 is 0 Å². The maximum absolute atomic E-state index is 12.3. The van der Waals surface area contributed by atoms with Gasteiger partial charge in [-0.3, -0.25) is 9.59 Å². The minimum Gasteiger partial charge on any atom is -0.348 e. The number of nitrogens with zero attached hydrogens (tertiary/aromatic N) is 3. The van der Waals surface area contributed by atoms with Gasteiger partial charge >= 0.3 is 0 Å². The van der Waals surface area contributed by atoms with Gasteiger partial charge in [-0.2, -0.15) is 5.10 Å². The molecule has 1 aromatic carbocycles. The van der Waals surface area contributed by atoms with Crippen molar-refractivity contribution >= 4 is 29.1 Å². The van der Waals surface area contributed by atoms with Crippen LogP contribution in [-0.4, -0.2) is 52.8 Å². The van der Waals surface area contributed by atoms with Crippen molar-refractivity contribution < 1.29 is 14.5 Å². The van der Waals surface area contributed by atoms with Crippen LogP contribution in [0.4, 0.5) is 5.69 Å². The predicted molar refractivity (Wildman–Crippen MR) is 92.8 cm³/mol. The molecule has 1 atom stereocenters. The topological polar surface area (TPSA) is 93.3 Å². The van der Waals surface area contributed by atoms with Crippen LogP contribution in [0, 0.1) is 0 Å². The average molecular weight is 364 g/mol. The SMILES string of the molecule is C[NH+](CC(=O)Nc1cc(Cl)ccc1-n1cncn1)CC(=O)NC1CC1. The summed E-state index contributed by atoms with van der Waals surface area (Å²) in [7, 11) is 1.81. The van der Waals surface area contributed by atoms with Crippen molar-refractivity contribution in [1.82, 2.24) is 20.1 Å². The monoisotopic (exact) mass is 363 g/mol. The molecular formula is C16H20ClN6O2+. The molecule has 2 aromatic rings. The lowest BCUT2D eigenvalue weighted by molar-refractivity contribution is -0.862. The first-order chi connectivity index (χ1) is 12.0. The number of nitrogens with one attached hydrogen (secondary N) is 3. The third kappa shape index (κ3) is 5.01. The molecular weight excluding hydrogens is 344 g/mol. The summed E-state index contributed by atoms with van der Waals surface area (Å²) < 4.78 is 1.55. The fraction of sp³-hybridized carbons (Fsp3) is 0.375. The second-order valence-corrected chi connectivity index (χ2v) is 6.64. The Morgan fingerprint density at radius 1 is 1.32 bits per heavy atom. The summed E-state index contributed by atoms with van der Waals surface area (Å²) in [4.78, 5) is 28.8. The van der Waals surface area contributed by atoms with Crippen LogP contribution in [0.25, 0.3) is 5.69 Å². The number of carbonyl (C=O) groups is 2. The van der Waals surface area contributed by atoms with Gasteiger partial charge in [0.1, 0.15) is 12.7 Å². The van der Waals surface area contributed by atoms with Crippen LogP contribution < -0.4 is 15.5 Å². The van der Waals surface area contributed by atoms with E-state index in [2.05, 4.69) is 20.7 Å². The van der Waals surface area contributed by atoms with Gasteiger partial charge in [-0.1, -0.05) is 11.6 Å². The second-order valence-electron chi connectivity index (χ2n) is 6.20. The molecule has 25 heavy (non-hydrogen) atoms. The maximum atomic E-state index is 12.3. The Kier molecular flexibility index (Phi) is 5.30. The molecule has 0 bridgehead atoms. The third-order valence-corrected chi connectivity index (χ3v) is 4.00. The Balaban J connectivity index is 1.60. The minimum atomic E-state index is -0.208. The van der Waals surface area contributed by atoms with Gasteiger partial charge in [0.05, 0.1) is 18.4 Å². The van der Waals surface area contributed by atoms with Gasteiger partial charge in [-0.05, 0) is 31.0 Å². The first-order valence-electron chi connectivity index (χ1n) is 8.06. The predicted octanol–water partition coefficient (Wildman–Crippen LogP) is -0.348. The van der Waals surface area contributed by atoms with Gasteiger partial charge in [0, 0.05) is 11.1 Å². The number of aromatic nitrogens is 3. The Morgan fingerprint density at radius 2 is 2.08 bits per heavy atom. The van der Waals surface area contributed by atoms with E-state index in [0.717, 1.165) is 17.7 Å². The zero-order valence-corrected chi connectivity index (χ0v) is 14.6. The van der Waals surface area contributed by atoms with Crippen molar-refractivity contribution in [3.05, 3.63) is 35.9 Å². The number of halogens is 1. The molecule has 0 spiro atoms. The molecule has 2 amide bonds. The van der Waals surface area contributed by atoms with Crippen LogP contribution in [0.2, 0.25) is 5.02 Å². The molecule has 1 aliphatic rings. The van der Waals surface area contributed by atoms with Crippen LogP contribution in [0.1, 0.15) is 12.8 Å². The molecule has 3 rings (SSSR count). The molecule has 1 unspecified atom stereocenters. The van der Waals surface area contributed by atoms with Gasteiger partial charge in [-0.15, -0.1) is 0 Å². The molecule has 0 radical (unpaired) electrons. The van der Waals surface area contributed by atoms with Gasteiger partial charge in [-0.25, -0.2) is 9.67 Å². The molecule has 9 heteroatoms. The van der Waals surface area contributed by atoms with Crippen molar-refractivity contribution in [2.24, 2.45) is 0 Å². The Bertz CT molecular complexity index is 760. The fourth-order valence-electron chi connectivity index (χ4n) is 2.45. The lowest BCUT2D eigenvalue weighted by atomic mass is 10.2. The van der Waals surface area contributed by atoms with E-state index in [9.17, 15) is 9.59 Å². The highest BCUT2D eigenvalue weighted by molar-refractivity contribution is 6.31. The number of quaternary nitrogens is 1. The van der Waals surface area contributed by atoms with Crippen LogP contribution >= 0.6 is 11.6 Å². The number of rotatable bonds is 7. The van der Waals surface area contributed by atoms with E-state index in [1.165, 1.54) is 6.33 Å². The quantitative estimate of drug-likeness (QED) is 0.627. The Labute approximate surface area is 150 Å². The zero-order valence-electron chi connectivity index (χ0n) is 13.8. The number of amides is 2. The molecule has 1 aromatic heterocycles. The first-order valence-corrected chi connectivity index (χ1v) is 8.44. The zero-order chi connectivity index (χ0) is 17.8. The standard InChI is InChI=1S/C16H19ClN6O2/c1-22(7-15(24)20-12-3-4-12)8-16(25)21-13-6-11(17)2-5-14(13)23-10-18-9-19-23/h2,5-6,9-10,12H,3-4,7-8H2,1H3,(H,20,24)(H,21,25)/p+1. The number of carbonyl (C=O) groups excluding carboxylic acids is 2. The van der Waals surface area contributed by atoms with Crippen molar-refractivity contribution in [2.45, 2.75) is 18.9 Å². The highest BCUT2D eigenvalue weighted by atomic mass is 35.5. The van der Waals surface area contributed by atoms with Crippen LogP contribution in [-0.2, 0) is 9.59 Å². The fourth-order valence-corrected chi connectivity index (χ4v) is 2.62. The normalized spacial score (nSPS) is 14.8. The molecule has 3 N–H and O–H groups in total. The van der Waals surface area contributed by atoms with Crippen LogP contribution in [0.5, 0.6) is 0 Å². The summed E-state index contributed by atoms with van der Waals surface area (Å²) in [5.41, 5.74) is 1.21. The van der Waals surface area contributed by atoms with Gasteiger partial charge in [0.15, 0.2) is 13.1 Å². The molecule has 1 heterocycles. The summed E-state index contributed by atoms with van der Waals surface area (Å²) in [5.74, 6) is -0.237. The minimum absolute atomic E-state index is 0.0288. The van der Waals surface area contributed by atoms with Crippen LogP contribution in [0.15, 0.2) is 30.9 Å². The number of anilines is 1. The Morgan fingerprint density at radius 3 is 2.76 bits per heavy atom. The summed E-state index contributed by atoms with van der Waals surface area (Å²) in [6.45, 7) is 0.427. The second kappa shape index (κ2) is 7.62. The molecule has 1 saturated carbocycles. The highest BCUT2D eigenvalue weighted by Gasteiger charge is 2.25. The number of hydrogen-bond donors (Lipinski definition) is 3. The molecule has 1 aliphatic carbocycles. The van der Waals surface area contributed by atoms with E-state index in [1.54, 1.807) is 29.2 Å². The smallest absolute Gasteiger partial charge is 0.279 e. The van der Waals surface area contributed by atoms with E-state index in [4.69, 9.17) is 11.6 Å². The lowest BCUT2D eigenvalue weighted by Gasteiger charge is -2.15. The molecule has 8 nitrogen and oxygen atoms in total. The third-order valence-electron chi connectivity index (χ3n) is 3.77. The number of benzene rings is 1. The number of likely N-dealkylation sites (N-methyl/N-ethyl adjacent to an activating group) is 1.